The van der Waals surface area contributed by atoms with Gasteiger partial charge in [0, 0.05) is 23.6 Å². The molecule has 0 unspecified atom stereocenters. The molecule has 6 aliphatic rings. The van der Waals surface area contributed by atoms with Crippen molar-refractivity contribution < 1.29 is 19.4 Å². The van der Waals surface area contributed by atoms with Crippen molar-refractivity contribution in [2.24, 2.45) is 11.3 Å². The highest BCUT2D eigenvalue weighted by Crippen LogP contribution is 2.68. The van der Waals surface area contributed by atoms with E-state index in [1.165, 1.54) is 29.5 Å². The van der Waals surface area contributed by atoms with E-state index in [2.05, 4.69) is 47.4 Å². The fourth-order valence-electron chi connectivity index (χ4n) is 9.52. The van der Waals surface area contributed by atoms with Crippen molar-refractivity contribution in [1.82, 2.24) is 4.90 Å². The predicted octanol–water partition coefficient (Wildman–Crippen LogP) is 5.18. The Morgan fingerprint density at radius 2 is 1.76 bits per heavy atom. The molecule has 210 valence electrons. The van der Waals surface area contributed by atoms with Gasteiger partial charge in [-0.2, -0.15) is 0 Å². The molecule has 2 aliphatic heterocycles. The summed E-state index contributed by atoms with van der Waals surface area (Å²) in [5, 5.41) is 13.3. The molecule has 0 radical (unpaired) electrons. The highest BCUT2D eigenvalue weighted by atomic mass is 16.5. The summed E-state index contributed by atoms with van der Waals surface area (Å²) in [4.78, 5) is 17.4. The SMILES string of the molecule is O=C1[C@@H]2Oc3c(OCc4ccccc4)ccc4c3[C@@]23CCN(CC2CC2)[C@H](C4)[C@]3(O)C[C@@]12CCc1ccccc1C2. The number of carbonyl (C=O) groups excluding carboxylic acids is 1. The van der Waals surface area contributed by atoms with Crippen LogP contribution in [0.2, 0.25) is 0 Å². The maximum absolute atomic E-state index is 14.8. The van der Waals surface area contributed by atoms with Gasteiger partial charge in [-0.3, -0.25) is 9.69 Å². The number of benzene rings is 3. The van der Waals surface area contributed by atoms with Crippen LogP contribution in [0.15, 0.2) is 66.7 Å². The summed E-state index contributed by atoms with van der Waals surface area (Å²) in [5.41, 5.74) is 3.62. The molecular formula is C36H37NO4. The third-order valence-electron chi connectivity index (χ3n) is 11.6. The first-order valence-electron chi connectivity index (χ1n) is 15.6. The largest absolute Gasteiger partial charge is 0.485 e. The summed E-state index contributed by atoms with van der Waals surface area (Å²) in [6.45, 7) is 2.39. The topological polar surface area (TPSA) is 59.0 Å². The van der Waals surface area contributed by atoms with Crippen LogP contribution in [0.4, 0.5) is 0 Å². The van der Waals surface area contributed by atoms with Gasteiger partial charge in [-0.15, -0.1) is 0 Å². The number of fused-ring (bicyclic) bond motifs is 1. The number of aliphatic hydroxyl groups is 1. The van der Waals surface area contributed by atoms with Crippen molar-refractivity contribution >= 4 is 5.78 Å². The summed E-state index contributed by atoms with van der Waals surface area (Å²) in [6.07, 6.45) is 6.31. The molecule has 5 heteroatoms. The van der Waals surface area contributed by atoms with E-state index in [9.17, 15) is 9.90 Å². The highest BCUT2D eigenvalue weighted by Gasteiger charge is 2.77. The van der Waals surface area contributed by atoms with E-state index in [1.54, 1.807) is 0 Å². The standard InChI is InChI=1S/C36H37NO4/c38-32-33-35-16-17-37(20-23-10-11-23)29(36(35,39)22-34(32)15-14-25-8-4-5-9-27(25)19-34)18-26-12-13-28(31(41-33)30(26)35)40-21-24-6-2-1-3-7-24/h1-9,12-13,23,29,33,39H,10-11,14-22H2/t29-,33+,34+,35+,36-/m1/s1. The zero-order valence-electron chi connectivity index (χ0n) is 23.5. The van der Waals surface area contributed by atoms with Crippen molar-refractivity contribution in [2.75, 3.05) is 13.1 Å². The highest BCUT2D eigenvalue weighted by molar-refractivity contribution is 5.95. The van der Waals surface area contributed by atoms with E-state index >= 15 is 0 Å². The quantitative estimate of drug-likeness (QED) is 0.477. The molecular weight excluding hydrogens is 510 g/mol. The predicted molar refractivity (Wildman–Crippen MR) is 155 cm³/mol. The van der Waals surface area contributed by atoms with Crippen LogP contribution in [0, 0.1) is 11.3 Å². The molecule has 5 nitrogen and oxygen atoms in total. The Morgan fingerprint density at radius 3 is 2.59 bits per heavy atom. The Hall–Kier alpha value is -3.15. The molecule has 2 saturated carbocycles. The zero-order chi connectivity index (χ0) is 27.4. The Balaban J connectivity index is 1.17. The number of ether oxygens (including phenoxy) is 2. The molecule has 5 atom stereocenters. The summed E-state index contributed by atoms with van der Waals surface area (Å²) in [7, 11) is 0. The lowest BCUT2D eigenvalue weighted by molar-refractivity contribution is -0.211. The van der Waals surface area contributed by atoms with Crippen molar-refractivity contribution in [3.05, 3.63) is 94.5 Å². The molecule has 0 aromatic heterocycles. The van der Waals surface area contributed by atoms with Crippen LogP contribution in [0.1, 0.15) is 59.9 Å². The number of carbonyl (C=O) groups is 1. The molecule has 2 bridgehead atoms. The minimum absolute atomic E-state index is 0.000340. The van der Waals surface area contributed by atoms with Gasteiger partial charge in [0.25, 0.3) is 0 Å². The number of hydrogen-bond acceptors (Lipinski definition) is 5. The summed E-state index contributed by atoms with van der Waals surface area (Å²) in [5.74, 6) is 2.34. The lowest BCUT2D eigenvalue weighted by Gasteiger charge is -2.66. The number of likely N-dealkylation sites (tertiary alicyclic amines) is 1. The first-order valence-corrected chi connectivity index (χ1v) is 15.6. The summed E-state index contributed by atoms with van der Waals surface area (Å²) >= 11 is 0. The molecule has 1 N–H and O–H groups in total. The molecule has 2 heterocycles. The van der Waals surface area contributed by atoms with Gasteiger partial charge in [0.1, 0.15) is 6.61 Å². The van der Waals surface area contributed by atoms with Crippen LogP contribution < -0.4 is 9.47 Å². The van der Waals surface area contributed by atoms with Crippen LogP contribution >= 0.6 is 0 Å². The minimum Gasteiger partial charge on any atom is -0.485 e. The van der Waals surface area contributed by atoms with E-state index in [0.717, 1.165) is 55.8 Å². The van der Waals surface area contributed by atoms with Gasteiger partial charge in [0.15, 0.2) is 23.4 Å². The number of rotatable bonds is 5. The summed E-state index contributed by atoms with van der Waals surface area (Å²) in [6, 6.07) is 22.9. The zero-order valence-corrected chi connectivity index (χ0v) is 23.5. The lowest BCUT2D eigenvalue weighted by Crippen LogP contribution is -2.79. The maximum Gasteiger partial charge on any atom is 0.180 e. The Kier molecular flexibility index (Phi) is 5.04. The number of ketones is 1. The molecule has 41 heavy (non-hydrogen) atoms. The number of Topliss-reactive ketones (excluding diaryl/α,β-unsaturated/α-hetero) is 1. The van der Waals surface area contributed by atoms with E-state index in [1.807, 2.05) is 24.3 Å². The Bertz CT molecular complexity index is 1570. The fourth-order valence-corrected chi connectivity index (χ4v) is 9.52. The van der Waals surface area contributed by atoms with Crippen LogP contribution in [0.5, 0.6) is 11.5 Å². The van der Waals surface area contributed by atoms with Crippen LogP contribution in [0.25, 0.3) is 0 Å². The summed E-state index contributed by atoms with van der Waals surface area (Å²) < 4.78 is 13.3. The van der Waals surface area contributed by atoms with Crippen molar-refractivity contribution in [2.45, 2.75) is 81.1 Å². The van der Waals surface area contributed by atoms with Crippen LogP contribution in [0.3, 0.4) is 0 Å². The molecule has 4 aliphatic carbocycles. The van der Waals surface area contributed by atoms with Gasteiger partial charge in [-0.25, -0.2) is 0 Å². The minimum atomic E-state index is -1.03. The third kappa shape index (κ3) is 3.28. The molecule has 9 rings (SSSR count). The molecule has 3 fully saturated rings. The van der Waals surface area contributed by atoms with E-state index < -0.39 is 22.5 Å². The fraction of sp³-hybridized carbons (Fsp3) is 0.472. The van der Waals surface area contributed by atoms with E-state index in [4.69, 9.17) is 9.47 Å². The lowest BCUT2D eigenvalue weighted by atomic mass is 9.43. The van der Waals surface area contributed by atoms with Gasteiger partial charge in [-0.05, 0) is 92.1 Å². The second-order valence-corrected chi connectivity index (χ2v) is 13.8. The molecule has 2 spiro atoms. The number of piperidine rings is 1. The van der Waals surface area contributed by atoms with Gasteiger partial charge in [0.2, 0.25) is 0 Å². The van der Waals surface area contributed by atoms with Crippen LogP contribution in [-0.4, -0.2) is 46.6 Å². The van der Waals surface area contributed by atoms with Gasteiger partial charge >= 0.3 is 0 Å². The average Bonchev–Trinajstić information content (AvgIpc) is 3.74. The number of hydrogen-bond donors (Lipinski definition) is 1. The normalized spacial score (nSPS) is 34.6. The number of nitrogens with zero attached hydrogens (tertiary/aromatic N) is 1. The second kappa shape index (κ2) is 8.45. The van der Waals surface area contributed by atoms with E-state index in [0.29, 0.717) is 30.9 Å². The van der Waals surface area contributed by atoms with Gasteiger partial charge < -0.3 is 14.6 Å². The first-order chi connectivity index (χ1) is 20.0. The van der Waals surface area contributed by atoms with Crippen molar-refractivity contribution in [3.63, 3.8) is 0 Å². The van der Waals surface area contributed by atoms with E-state index in [-0.39, 0.29) is 11.8 Å². The third-order valence-corrected chi connectivity index (χ3v) is 11.6. The Labute approximate surface area is 241 Å². The maximum atomic E-state index is 14.8. The molecule has 1 saturated heterocycles. The first kappa shape index (κ1) is 24.4. The van der Waals surface area contributed by atoms with Crippen molar-refractivity contribution in [1.29, 1.82) is 0 Å². The molecule has 3 aromatic carbocycles. The second-order valence-electron chi connectivity index (χ2n) is 13.8. The average molecular weight is 548 g/mol. The smallest absolute Gasteiger partial charge is 0.180 e. The molecule has 0 amide bonds. The van der Waals surface area contributed by atoms with Gasteiger partial charge in [0.05, 0.1) is 11.0 Å². The number of aryl methyl sites for hydroxylation is 1. The Morgan fingerprint density at radius 1 is 0.951 bits per heavy atom. The van der Waals surface area contributed by atoms with Crippen LogP contribution in [-0.2, 0) is 36.1 Å². The molecule has 3 aromatic rings. The van der Waals surface area contributed by atoms with Gasteiger partial charge in [-0.1, -0.05) is 60.7 Å². The monoisotopic (exact) mass is 547 g/mol. The van der Waals surface area contributed by atoms with Crippen molar-refractivity contribution in [3.8, 4) is 11.5 Å².